The van der Waals surface area contributed by atoms with Crippen molar-refractivity contribution >= 4 is 73.6 Å². The first-order valence-electron chi connectivity index (χ1n) is 26.4. The Morgan fingerprint density at radius 1 is 0.675 bits per heavy atom. The summed E-state index contributed by atoms with van der Waals surface area (Å²) in [5.74, 6) is 4.88. The van der Waals surface area contributed by atoms with Crippen LogP contribution in [0.5, 0.6) is 11.5 Å². The third-order valence-electron chi connectivity index (χ3n) is 12.4. The smallest absolute Gasteiger partial charge is 0.278 e. The maximum Gasteiger partial charge on any atom is 0.278 e. The molecular formula is C57H66N10O15S. The minimum absolute atomic E-state index is 0.0168. The van der Waals surface area contributed by atoms with Crippen LogP contribution in [0.1, 0.15) is 42.4 Å². The first kappa shape index (κ1) is 63.5. The van der Waals surface area contributed by atoms with Crippen molar-refractivity contribution in [3.63, 3.8) is 0 Å². The van der Waals surface area contributed by atoms with Crippen LogP contribution in [0.2, 0.25) is 0 Å². The van der Waals surface area contributed by atoms with Gasteiger partial charge in [0.2, 0.25) is 23.6 Å². The molecule has 1 heterocycles. The Morgan fingerprint density at radius 3 is 1.82 bits per heavy atom. The number of carbonyl (C=O) groups is 4. The maximum absolute atomic E-state index is 13.5. The summed E-state index contributed by atoms with van der Waals surface area (Å²) in [7, 11) is -0.0265. The van der Waals surface area contributed by atoms with Gasteiger partial charge in [0.15, 0.2) is 5.25 Å². The van der Waals surface area contributed by atoms with Crippen molar-refractivity contribution in [2.75, 3.05) is 110 Å². The normalized spacial score (nSPS) is 12.3. The number of rotatable bonds is 34. The topological polar surface area (TPSA) is 313 Å². The molecule has 0 saturated carbocycles. The number of nitrogens with zero attached hydrogens (tertiary/aromatic N) is 7. The second-order valence-corrected chi connectivity index (χ2v) is 19.8. The lowest BCUT2D eigenvalue weighted by Crippen LogP contribution is -2.47. The van der Waals surface area contributed by atoms with Crippen LogP contribution in [0.15, 0.2) is 130 Å². The first-order chi connectivity index (χ1) is 40.1. The van der Waals surface area contributed by atoms with E-state index >= 15 is 0 Å². The van der Waals surface area contributed by atoms with Gasteiger partial charge in [0.05, 0.1) is 95.6 Å². The Bertz CT molecular complexity index is 3230. The Morgan fingerprint density at radius 2 is 1.22 bits per heavy atom. The van der Waals surface area contributed by atoms with E-state index in [1.807, 2.05) is 66.5 Å². The minimum Gasteiger partial charge on any atom is -0.494 e. The molecule has 1 aliphatic heterocycles. The zero-order valence-electron chi connectivity index (χ0n) is 46.2. The molecule has 1 unspecified atom stereocenters. The van der Waals surface area contributed by atoms with Gasteiger partial charge in [0, 0.05) is 93.6 Å². The van der Waals surface area contributed by atoms with Gasteiger partial charge < -0.3 is 54.2 Å². The van der Waals surface area contributed by atoms with Crippen LogP contribution in [0.4, 0.5) is 39.8 Å². The lowest BCUT2D eigenvalue weighted by molar-refractivity contribution is -0.384. The summed E-state index contributed by atoms with van der Waals surface area (Å²) in [6, 6.07) is 30.9. The lowest BCUT2D eigenvalue weighted by Gasteiger charge is -2.26. The molecule has 4 N–H and O–H groups in total. The van der Waals surface area contributed by atoms with E-state index in [1.165, 1.54) is 38.5 Å². The SMILES string of the molecule is COc1cc(N=Nc2ccc([N+](=O)[O-])cc2)c(OC)cc1N=Nc1ccc(N(C)CCCC(=O)NCCOCCOCCOCCOCCC(=O)NCC(C(=O)NCCC(=O)N2Cc3ccccc3C#Cc3ccccc32)S(=O)(=O)O)cc1. The number of nitro benzene ring substituents is 1. The highest BCUT2D eigenvalue weighted by Crippen LogP contribution is 2.41. The quantitative estimate of drug-likeness (QED) is 0.00800. The number of amides is 4. The zero-order chi connectivity index (χ0) is 59.4. The summed E-state index contributed by atoms with van der Waals surface area (Å²) in [6.07, 6.45) is 0.627. The Balaban J connectivity index is 0.747. The molecule has 0 aromatic heterocycles. The maximum atomic E-state index is 13.5. The number of hydrogen-bond donors (Lipinski definition) is 4. The van der Waals surface area contributed by atoms with E-state index in [0.29, 0.717) is 97.9 Å². The predicted octanol–water partition coefficient (Wildman–Crippen LogP) is 7.06. The summed E-state index contributed by atoms with van der Waals surface area (Å²) in [5.41, 5.74) is 5.50. The highest BCUT2D eigenvalue weighted by Gasteiger charge is 2.32. The van der Waals surface area contributed by atoms with Gasteiger partial charge in [-0.15, -0.1) is 10.2 Å². The predicted molar refractivity (Wildman–Crippen MR) is 307 cm³/mol. The van der Waals surface area contributed by atoms with Crippen molar-refractivity contribution in [3.05, 3.63) is 136 Å². The van der Waals surface area contributed by atoms with Gasteiger partial charge in [-0.1, -0.05) is 42.2 Å². The van der Waals surface area contributed by atoms with Crippen LogP contribution in [-0.2, 0) is 54.8 Å². The van der Waals surface area contributed by atoms with Crippen molar-refractivity contribution < 1.29 is 65.5 Å². The first-order valence-corrected chi connectivity index (χ1v) is 27.9. The van der Waals surface area contributed by atoms with Crippen LogP contribution < -0.4 is 35.2 Å². The molecule has 4 amide bonds. The van der Waals surface area contributed by atoms with Crippen molar-refractivity contribution in [1.82, 2.24) is 16.0 Å². The monoisotopic (exact) mass is 1160 g/mol. The summed E-state index contributed by atoms with van der Waals surface area (Å²) in [5, 5.41) is 33.6. The summed E-state index contributed by atoms with van der Waals surface area (Å²) in [4.78, 5) is 65.2. The fraction of sp³-hybridized carbons (Fsp3) is 0.368. The number of nitro groups is 1. The van der Waals surface area contributed by atoms with Crippen LogP contribution in [0.3, 0.4) is 0 Å². The van der Waals surface area contributed by atoms with Crippen molar-refractivity contribution in [3.8, 4) is 23.3 Å². The third kappa shape index (κ3) is 21.0. The molecule has 25 nitrogen and oxygen atoms in total. The number of para-hydroxylation sites is 1. The number of carbonyl (C=O) groups excluding carboxylic acids is 4. The average Bonchev–Trinajstić information content (AvgIpc) is 3.68. The number of fused-ring (bicyclic) bond motifs is 2. The van der Waals surface area contributed by atoms with E-state index in [9.17, 15) is 42.3 Å². The molecular weight excluding hydrogens is 1100 g/mol. The molecule has 5 aromatic carbocycles. The molecule has 440 valence electrons. The van der Waals surface area contributed by atoms with E-state index in [2.05, 4.69) is 48.2 Å². The molecule has 26 heteroatoms. The standard InChI is InChI=1S/C57H66N10O15S/c1-65(46-20-16-44(17-21-46)61-63-48-37-52(78-3)49(38-51(48)77-2)64-62-45-18-22-47(23-19-45)67(72)73)28-8-13-54(68)58-27-30-80-32-34-82-36-35-81-33-31-79-29-25-55(69)60-39-53(83(74,75)76)57(71)59-26-24-56(70)66-40-43-11-5-4-9-41(43)14-15-42-10-6-7-12-50(42)66/h4-7,9-12,16-23,37-38,53H,8,13,24-36,39-40H2,1-3H3,(H,58,68)(H,59,71)(H,60,69)(H,74,75,76). The van der Waals surface area contributed by atoms with Crippen LogP contribution in [0.25, 0.3) is 0 Å². The number of hydrogen-bond acceptors (Lipinski definition) is 19. The van der Waals surface area contributed by atoms with Crippen molar-refractivity contribution in [2.24, 2.45) is 20.5 Å². The molecule has 83 heavy (non-hydrogen) atoms. The molecule has 0 aliphatic carbocycles. The van der Waals surface area contributed by atoms with Crippen molar-refractivity contribution in [1.29, 1.82) is 0 Å². The fourth-order valence-electron chi connectivity index (χ4n) is 7.92. The number of nitrogens with one attached hydrogen (secondary N) is 3. The lowest BCUT2D eigenvalue weighted by atomic mass is 10.0. The number of ether oxygens (including phenoxy) is 6. The zero-order valence-corrected chi connectivity index (χ0v) is 47.0. The van der Waals surface area contributed by atoms with Crippen molar-refractivity contribution in [2.45, 2.75) is 37.5 Å². The summed E-state index contributed by atoms with van der Waals surface area (Å²) in [6.45, 7) is 2.22. The van der Waals surface area contributed by atoms with Gasteiger partial charge in [-0.2, -0.15) is 18.6 Å². The summed E-state index contributed by atoms with van der Waals surface area (Å²) >= 11 is 0. The fourth-order valence-corrected chi connectivity index (χ4v) is 8.57. The van der Waals surface area contributed by atoms with Crippen LogP contribution in [-0.4, -0.2) is 147 Å². The highest BCUT2D eigenvalue weighted by molar-refractivity contribution is 7.87. The minimum atomic E-state index is -4.92. The number of methoxy groups -OCH3 is 2. The summed E-state index contributed by atoms with van der Waals surface area (Å²) < 4.78 is 66.9. The van der Waals surface area contributed by atoms with Crippen LogP contribution >= 0.6 is 0 Å². The molecule has 5 aromatic rings. The van der Waals surface area contributed by atoms with E-state index in [-0.39, 0.29) is 69.9 Å². The van der Waals surface area contributed by atoms with Gasteiger partial charge in [-0.05, 0) is 66.6 Å². The third-order valence-corrected chi connectivity index (χ3v) is 13.5. The van der Waals surface area contributed by atoms with Gasteiger partial charge in [-0.25, -0.2) is 0 Å². The second-order valence-electron chi connectivity index (χ2n) is 18.2. The molecule has 0 saturated heterocycles. The average molecular weight is 1160 g/mol. The van der Waals surface area contributed by atoms with Crippen LogP contribution in [0, 0.1) is 22.0 Å². The van der Waals surface area contributed by atoms with Gasteiger partial charge in [0.25, 0.3) is 15.8 Å². The number of non-ortho nitro benzene ring substituents is 1. The van der Waals surface area contributed by atoms with E-state index in [4.69, 9.17) is 28.4 Å². The molecule has 1 atom stereocenters. The molecule has 6 rings (SSSR count). The molecule has 0 spiro atoms. The molecule has 1 aliphatic rings. The van der Waals surface area contributed by atoms with E-state index in [0.717, 1.165) is 16.8 Å². The largest absolute Gasteiger partial charge is 0.494 e. The molecule has 0 radical (unpaired) electrons. The second kappa shape index (κ2) is 33.3. The molecule has 0 fully saturated rings. The number of azo groups is 2. The Hall–Kier alpha value is -8.71. The molecule has 0 bridgehead atoms. The van der Waals surface area contributed by atoms with E-state index in [1.54, 1.807) is 35.2 Å². The highest BCUT2D eigenvalue weighted by atomic mass is 32.2. The van der Waals surface area contributed by atoms with Gasteiger partial charge in [0.1, 0.15) is 22.9 Å². The van der Waals surface area contributed by atoms with Gasteiger partial charge in [-0.3, -0.25) is 33.8 Å². The number of benzene rings is 5. The van der Waals surface area contributed by atoms with E-state index < -0.39 is 38.7 Å². The number of anilines is 2. The van der Waals surface area contributed by atoms with Gasteiger partial charge >= 0.3 is 0 Å². The Kier molecular flexibility index (Phi) is 25.4. The Labute approximate surface area is 480 Å².